The van der Waals surface area contributed by atoms with Gasteiger partial charge < -0.3 is 19.6 Å². The lowest BCUT2D eigenvalue weighted by atomic mass is 9.95. The maximum Gasteiger partial charge on any atom is 0.270 e. The fourth-order valence-corrected chi connectivity index (χ4v) is 3.57. The summed E-state index contributed by atoms with van der Waals surface area (Å²) in [5.74, 6) is -2.79. The second kappa shape index (κ2) is 7.09. The highest BCUT2D eigenvalue weighted by Crippen LogP contribution is 2.34. The van der Waals surface area contributed by atoms with E-state index in [9.17, 15) is 23.2 Å². The van der Waals surface area contributed by atoms with Gasteiger partial charge in [-0.2, -0.15) is 0 Å². The Balaban J connectivity index is 1.85. The number of nitrogens with zero attached hydrogens (tertiary/aromatic N) is 1. The molecule has 3 heterocycles. The molecule has 2 aromatic heterocycles. The van der Waals surface area contributed by atoms with Crippen molar-refractivity contribution in [3.63, 3.8) is 0 Å². The van der Waals surface area contributed by atoms with E-state index in [4.69, 9.17) is 16.3 Å². The van der Waals surface area contributed by atoms with Gasteiger partial charge in [-0.15, -0.1) is 0 Å². The standard InChI is InChI=1S/C19H14ClF2N3O4/c1-25(19(28)13-3-2-10(20)18(27)23-13)15-7-29-6-14-16(15)8-4-11(21)12(22)5-9(8)17(26)24-14/h2-5,15H,6-7H2,1H3,(H,23,27)(H,24,26). The fourth-order valence-electron chi connectivity index (χ4n) is 3.46. The van der Waals surface area contributed by atoms with E-state index in [0.29, 0.717) is 11.3 Å². The molecule has 29 heavy (non-hydrogen) atoms. The van der Waals surface area contributed by atoms with Crippen molar-refractivity contribution in [2.75, 3.05) is 13.7 Å². The molecule has 3 aromatic rings. The van der Waals surface area contributed by atoms with E-state index < -0.39 is 34.7 Å². The van der Waals surface area contributed by atoms with Crippen LogP contribution in [0.3, 0.4) is 0 Å². The zero-order valence-electron chi connectivity index (χ0n) is 15.0. The summed E-state index contributed by atoms with van der Waals surface area (Å²) in [5, 5.41) is 0.104. The average molecular weight is 422 g/mol. The topological polar surface area (TPSA) is 95.3 Å². The number of benzene rings is 1. The monoisotopic (exact) mass is 421 g/mol. The number of hydrogen-bond donors (Lipinski definition) is 2. The number of pyridine rings is 2. The van der Waals surface area contributed by atoms with E-state index in [1.165, 1.54) is 24.1 Å². The van der Waals surface area contributed by atoms with Gasteiger partial charge in [0, 0.05) is 18.3 Å². The van der Waals surface area contributed by atoms with Crippen LogP contribution >= 0.6 is 11.6 Å². The summed E-state index contributed by atoms with van der Waals surface area (Å²) in [6.07, 6.45) is 0. The van der Waals surface area contributed by atoms with Gasteiger partial charge in [0.05, 0.1) is 24.6 Å². The molecular formula is C19H14ClF2N3O4. The Hall–Kier alpha value is -3.04. The van der Waals surface area contributed by atoms with Crippen molar-refractivity contribution in [1.82, 2.24) is 14.9 Å². The third kappa shape index (κ3) is 3.22. The van der Waals surface area contributed by atoms with Crippen LogP contribution < -0.4 is 11.1 Å². The summed E-state index contributed by atoms with van der Waals surface area (Å²) >= 11 is 5.70. The van der Waals surface area contributed by atoms with Crippen molar-refractivity contribution in [1.29, 1.82) is 0 Å². The summed E-state index contributed by atoms with van der Waals surface area (Å²) in [5.41, 5.74) is -0.373. The molecule has 0 spiro atoms. The number of carbonyl (C=O) groups excluding carboxylic acids is 1. The molecule has 150 valence electrons. The zero-order chi connectivity index (χ0) is 20.9. The molecule has 0 bridgehead atoms. The van der Waals surface area contributed by atoms with Crippen molar-refractivity contribution >= 4 is 28.3 Å². The second-order valence-electron chi connectivity index (χ2n) is 6.65. The largest absolute Gasteiger partial charge is 0.373 e. The van der Waals surface area contributed by atoms with Crippen LogP contribution in [-0.4, -0.2) is 34.4 Å². The predicted molar refractivity (Wildman–Crippen MR) is 101 cm³/mol. The summed E-state index contributed by atoms with van der Waals surface area (Å²) in [6, 6.07) is 3.73. The summed E-state index contributed by atoms with van der Waals surface area (Å²) in [7, 11) is 1.48. The van der Waals surface area contributed by atoms with Gasteiger partial charge in [-0.05, 0) is 29.7 Å². The van der Waals surface area contributed by atoms with Gasteiger partial charge >= 0.3 is 0 Å². The Kier molecular flexibility index (Phi) is 4.71. The normalized spacial score (nSPS) is 15.9. The van der Waals surface area contributed by atoms with E-state index in [1.807, 2.05) is 0 Å². The number of aromatic nitrogens is 2. The Labute approximate surface area is 166 Å². The number of nitrogens with one attached hydrogen (secondary N) is 2. The van der Waals surface area contributed by atoms with Crippen LogP contribution in [0.5, 0.6) is 0 Å². The van der Waals surface area contributed by atoms with Crippen LogP contribution in [0.25, 0.3) is 10.8 Å². The summed E-state index contributed by atoms with van der Waals surface area (Å²) < 4.78 is 33.1. The summed E-state index contributed by atoms with van der Waals surface area (Å²) in [4.78, 5) is 43.2. The number of ether oxygens (including phenoxy) is 1. The molecule has 1 amide bonds. The predicted octanol–water partition coefficient (Wildman–Crippen LogP) is 2.49. The first-order chi connectivity index (χ1) is 13.8. The highest BCUT2D eigenvalue weighted by molar-refractivity contribution is 6.30. The first kappa shape index (κ1) is 19.3. The van der Waals surface area contributed by atoms with Crippen LogP contribution in [0.15, 0.2) is 33.9 Å². The van der Waals surface area contributed by atoms with E-state index in [2.05, 4.69) is 9.97 Å². The molecule has 1 aliphatic heterocycles. The zero-order valence-corrected chi connectivity index (χ0v) is 15.8. The van der Waals surface area contributed by atoms with Crippen LogP contribution in [0.1, 0.15) is 27.8 Å². The Morgan fingerprint density at radius 2 is 1.83 bits per heavy atom. The van der Waals surface area contributed by atoms with Crippen molar-refractivity contribution in [3.8, 4) is 0 Å². The highest BCUT2D eigenvalue weighted by atomic mass is 35.5. The number of amides is 1. The number of hydrogen-bond acceptors (Lipinski definition) is 4. The van der Waals surface area contributed by atoms with Crippen LogP contribution in [-0.2, 0) is 11.3 Å². The molecule has 1 unspecified atom stereocenters. The molecule has 0 aliphatic carbocycles. The van der Waals surface area contributed by atoms with Crippen molar-refractivity contribution in [2.45, 2.75) is 12.6 Å². The minimum absolute atomic E-state index is 0.0000198. The van der Waals surface area contributed by atoms with Crippen molar-refractivity contribution < 1.29 is 18.3 Å². The molecule has 7 nitrogen and oxygen atoms in total. The van der Waals surface area contributed by atoms with E-state index in [0.717, 1.165) is 12.1 Å². The molecule has 0 saturated heterocycles. The smallest absolute Gasteiger partial charge is 0.270 e. The Morgan fingerprint density at radius 3 is 2.52 bits per heavy atom. The molecule has 1 aliphatic rings. The van der Waals surface area contributed by atoms with E-state index >= 15 is 0 Å². The fraction of sp³-hybridized carbons (Fsp3) is 0.211. The number of halogens is 3. The van der Waals surface area contributed by atoms with Crippen LogP contribution in [0.4, 0.5) is 8.78 Å². The SMILES string of the molecule is CN(C(=O)c1ccc(Cl)c(=O)[nH]1)C1COCc2[nH]c(=O)c3cc(F)c(F)cc3c21. The Bertz CT molecular complexity index is 1270. The molecule has 0 radical (unpaired) electrons. The van der Waals surface area contributed by atoms with Crippen LogP contribution in [0, 0.1) is 11.6 Å². The quantitative estimate of drug-likeness (QED) is 0.664. The van der Waals surface area contributed by atoms with E-state index in [1.54, 1.807) is 0 Å². The van der Waals surface area contributed by atoms with Gasteiger partial charge in [0.1, 0.15) is 10.7 Å². The second-order valence-corrected chi connectivity index (χ2v) is 7.06. The van der Waals surface area contributed by atoms with Gasteiger partial charge in [0.25, 0.3) is 17.0 Å². The first-order valence-corrected chi connectivity index (χ1v) is 8.93. The number of likely N-dealkylation sites (N-methyl/N-ethyl adjacent to an activating group) is 1. The number of H-pyrrole nitrogens is 2. The third-order valence-corrected chi connectivity index (χ3v) is 5.22. The lowest BCUT2D eigenvalue weighted by Gasteiger charge is -2.33. The van der Waals surface area contributed by atoms with E-state index in [-0.39, 0.29) is 34.7 Å². The number of aromatic amines is 2. The molecule has 0 saturated carbocycles. The van der Waals surface area contributed by atoms with Crippen molar-refractivity contribution in [2.24, 2.45) is 0 Å². The number of carbonyl (C=O) groups is 1. The lowest BCUT2D eigenvalue weighted by molar-refractivity contribution is 0.0332. The van der Waals surface area contributed by atoms with Gasteiger partial charge in [0.15, 0.2) is 11.6 Å². The summed E-state index contributed by atoms with van der Waals surface area (Å²) in [6.45, 7) is 0.114. The molecule has 2 N–H and O–H groups in total. The first-order valence-electron chi connectivity index (χ1n) is 8.55. The molecule has 1 aromatic carbocycles. The minimum Gasteiger partial charge on any atom is -0.373 e. The average Bonchev–Trinajstić information content (AvgIpc) is 2.70. The van der Waals surface area contributed by atoms with Gasteiger partial charge in [-0.25, -0.2) is 8.78 Å². The van der Waals surface area contributed by atoms with Crippen LogP contribution in [0.2, 0.25) is 5.02 Å². The van der Waals surface area contributed by atoms with Gasteiger partial charge in [0.2, 0.25) is 0 Å². The molecule has 4 rings (SSSR count). The Morgan fingerprint density at radius 1 is 1.14 bits per heavy atom. The van der Waals surface area contributed by atoms with Gasteiger partial charge in [-0.3, -0.25) is 14.4 Å². The molecule has 10 heteroatoms. The van der Waals surface area contributed by atoms with Gasteiger partial charge in [-0.1, -0.05) is 11.6 Å². The van der Waals surface area contributed by atoms with Crippen molar-refractivity contribution in [3.05, 3.63) is 78.6 Å². The highest BCUT2D eigenvalue weighted by Gasteiger charge is 2.31. The maximum atomic E-state index is 13.9. The number of fused-ring (bicyclic) bond motifs is 3. The third-order valence-electron chi connectivity index (χ3n) is 4.92. The maximum absolute atomic E-state index is 13.9. The minimum atomic E-state index is -1.14. The lowest BCUT2D eigenvalue weighted by Crippen LogP contribution is -2.38. The molecule has 1 atom stereocenters. The molecular weight excluding hydrogens is 408 g/mol. The number of rotatable bonds is 2. The molecule has 0 fully saturated rings.